The molecule has 1 aromatic heterocycles. The number of rotatable bonds is 7. The van der Waals surface area contributed by atoms with Gasteiger partial charge in [-0.1, -0.05) is 35.9 Å². The lowest BCUT2D eigenvalue weighted by molar-refractivity contribution is 0.174. The second-order valence-electron chi connectivity index (χ2n) is 8.12. The van der Waals surface area contributed by atoms with Gasteiger partial charge in [0.2, 0.25) is 6.79 Å². The van der Waals surface area contributed by atoms with Crippen molar-refractivity contribution in [3.8, 4) is 11.5 Å². The summed E-state index contributed by atoms with van der Waals surface area (Å²) in [4.78, 5) is 8.15. The van der Waals surface area contributed by atoms with E-state index in [0.29, 0.717) is 6.79 Å². The SMILES string of the molecule is CN(C)C(Cc1ccccc1Cl)c1cnc(NC2(c3ccc4c(c3)OCO4)CC2)s1. The third-order valence-corrected chi connectivity index (χ3v) is 7.25. The third kappa shape index (κ3) is 3.75. The Morgan fingerprint density at radius 2 is 1.97 bits per heavy atom. The topological polar surface area (TPSA) is 46.6 Å². The molecule has 1 saturated carbocycles. The van der Waals surface area contributed by atoms with Gasteiger partial charge >= 0.3 is 0 Å². The molecule has 0 saturated heterocycles. The van der Waals surface area contributed by atoms with Crippen LogP contribution in [0.2, 0.25) is 5.02 Å². The summed E-state index contributed by atoms with van der Waals surface area (Å²) in [5.41, 5.74) is 2.32. The van der Waals surface area contributed by atoms with E-state index in [0.717, 1.165) is 46.5 Å². The average molecular weight is 442 g/mol. The van der Waals surface area contributed by atoms with E-state index in [-0.39, 0.29) is 11.6 Å². The van der Waals surface area contributed by atoms with Gasteiger partial charge in [-0.25, -0.2) is 4.98 Å². The zero-order valence-electron chi connectivity index (χ0n) is 17.0. The minimum absolute atomic E-state index is 0.0630. The molecule has 0 bridgehead atoms. The van der Waals surface area contributed by atoms with Crippen LogP contribution in [0, 0.1) is 0 Å². The fourth-order valence-electron chi connectivity index (χ4n) is 3.92. The van der Waals surface area contributed by atoms with E-state index < -0.39 is 0 Å². The zero-order valence-corrected chi connectivity index (χ0v) is 18.6. The Balaban J connectivity index is 1.35. The minimum atomic E-state index is -0.0630. The van der Waals surface area contributed by atoms with Crippen LogP contribution in [0.5, 0.6) is 11.5 Å². The van der Waals surface area contributed by atoms with Gasteiger partial charge < -0.3 is 19.7 Å². The van der Waals surface area contributed by atoms with Gasteiger partial charge in [-0.05, 0) is 62.7 Å². The summed E-state index contributed by atoms with van der Waals surface area (Å²) in [5, 5.41) is 5.45. The number of benzene rings is 2. The van der Waals surface area contributed by atoms with E-state index in [9.17, 15) is 0 Å². The van der Waals surface area contributed by atoms with Crippen LogP contribution < -0.4 is 14.8 Å². The number of halogens is 1. The Bertz CT molecular complexity index is 1060. The quantitative estimate of drug-likeness (QED) is 0.526. The first-order chi connectivity index (χ1) is 14.5. The second-order valence-corrected chi connectivity index (χ2v) is 9.59. The molecular formula is C23H24ClN3O2S. The lowest BCUT2D eigenvalue weighted by Crippen LogP contribution is -2.21. The van der Waals surface area contributed by atoms with Crippen LogP contribution in [-0.2, 0) is 12.0 Å². The fraction of sp³-hybridized carbons (Fsp3) is 0.348. The molecule has 1 aliphatic carbocycles. The molecule has 5 rings (SSSR count). The Morgan fingerprint density at radius 1 is 1.17 bits per heavy atom. The van der Waals surface area contributed by atoms with Gasteiger partial charge in [-0.15, -0.1) is 11.3 Å². The van der Waals surface area contributed by atoms with Crippen LogP contribution in [0.25, 0.3) is 0 Å². The van der Waals surface area contributed by atoms with Crippen molar-refractivity contribution >= 4 is 28.1 Å². The molecule has 7 heteroatoms. The molecule has 2 heterocycles. The van der Waals surface area contributed by atoms with E-state index in [4.69, 9.17) is 26.1 Å². The summed E-state index contributed by atoms with van der Waals surface area (Å²) in [6.07, 6.45) is 5.00. The lowest BCUT2D eigenvalue weighted by atomic mass is 10.0. The number of hydrogen-bond donors (Lipinski definition) is 1. The van der Waals surface area contributed by atoms with Gasteiger partial charge in [-0.3, -0.25) is 0 Å². The van der Waals surface area contributed by atoms with Gasteiger partial charge in [0.25, 0.3) is 0 Å². The molecular weight excluding hydrogens is 418 g/mol. The molecule has 1 aliphatic heterocycles. The molecule has 2 aliphatic rings. The number of anilines is 1. The van der Waals surface area contributed by atoms with E-state index in [1.807, 2.05) is 30.5 Å². The van der Waals surface area contributed by atoms with Crippen LogP contribution >= 0.6 is 22.9 Å². The highest BCUT2D eigenvalue weighted by atomic mass is 35.5. The summed E-state index contributed by atoms with van der Waals surface area (Å²) < 4.78 is 11.0. The summed E-state index contributed by atoms with van der Waals surface area (Å²) in [5.74, 6) is 1.65. The van der Waals surface area contributed by atoms with E-state index in [1.165, 1.54) is 10.4 Å². The van der Waals surface area contributed by atoms with Crippen LogP contribution in [0.4, 0.5) is 5.13 Å². The molecule has 1 N–H and O–H groups in total. The highest BCUT2D eigenvalue weighted by molar-refractivity contribution is 7.15. The van der Waals surface area contributed by atoms with Gasteiger partial charge in [0, 0.05) is 22.1 Å². The maximum atomic E-state index is 6.41. The van der Waals surface area contributed by atoms with Crippen molar-refractivity contribution in [1.82, 2.24) is 9.88 Å². The minimum Gasteiger partial charge on any atom is -0.454 e. The van der Waals surface area contributed by atoms with Gasteiger partial charge in [0.1, 0.15) is 0 Å². The monoisotopic (exact) mass is 441 g/mol. The summed E-state index contributed by atoms with van der Waals surface area (Å²) in [6, 6.07) is 14.5. The van der Waals surface area contributed by atoms with E-state index >= 15 is 0 Å². The summed E-state index contributed by atoms with van der Waals surface area (Å²) in [7, 11) is 4.20. The molecule has 5 nitrogen and oxygen atoms in total. The molecule has 1 fully saturated rings. The normalized spacial score (nSPS) is 17.2. The van der Waals surface area contributed by atoms with Crippen molar-refractivity contribution in [2.24, 2.45) is 0 Å². The standard InChI is InChI=1S/C23H24ClN3O2S/c1-27(2)18(11-15-5-3-4-6-17(15)24)21-13-25-22(30-21)26-23(9-10-23)16-7-8-19-20(12-16)29-14-28-19/h3-8,12-13,18H,9-11,14H2,1-2H3,(H,25,26). The predicted molar refractivity (Wildman–Crippen MR) is 121 cm³/mol. The van der Waals surface area contributed by atoms with Crippen LogP contribution in [0.1, 0.15) is 34.9 Å². The Labute approximate surface area is 185 Å². The van der Waals surface area contributed by atoms with E-state index in [2.05, 4.69) is 42.5 Å². The Hall–Kier alpha value is -2.28. The van der Waals surface area contributed by atoms with Crippen LogP contribution in [0.3, 0.4) is 0 Å². The first-order valence-electron chi connectivity index (χ1n) is 10.1. The number of nitrogens with zero attached hydrogens (tertiary/aromatic N) is 2. The molecule has 0 amide bonds. The van der Waals surface area contributed by atoms with Crippen molar-refractivity contribution in [3.63, 3.8) is 0 Å². The number of hydrogen-bond acceptors (Lipinski definition) is 6. The maximum absolute atomic E-state index is 6.41. The predicted octanol–water partition coefficient (Wildman–Crippen LogP) is 5.47. The number of likely N-dealkylation sites (N-methyl/N-ethyl adjacent to an activating group) is 1. The number of aromatic nitrogens is 1. The van der Waals surface area contributed by atoms with Crippen LogP contribution in [0.15, 0.2) is 48.7 Å². The summed E-state index contributed by atoms with van der Waals surface area (Å²) in [6.45, 7) is 0.298. The molecule has 2 aromatic carbocycles. The molecule has 1 atom stereocenters. The second kappa shape index (κ2) is 7.76. The van der Waals surface area contributed by atoms with Gasteiger partial charge in [0.05, 0.1) is 5.54 Å². The zero-order chi connectivity index (χ0) is 20.7. The Kier molecular flexibility index (Phi) is 5.09. The highest BCUT2D eigenvalue weighted by Gasteiger charge is 2.45. The number of nitrogens with one attached hydrogen (secondary N) is 1. The maximum Gasteiger partial charge on any atom is 0.231 e. The number of ether oxygens (including phenoxy) is 2. The van der Waals surface area contributed by atoms with Crippen molar-refractivity contribution in [3.05, 3.63) is 69.7 Å². The molecule has 0 spiro atoms. The highest BCUT2D eigenvalue weighted by Crippen LogP contribution is 2.51. The fourth-order valence-corrected chi connectivity index (χ4v) is 5.24. The largest absolute Gasteiger partial charge is 0.454 e. The van der Waals surface area contributed by atoms with Crippen LogP contribution in [-0.4, -0.2) is 30.8 Å². The summed E-state index contributed by atoms with van der Waals surface area (Å²) >= 11 is 8.13. The third-order valence-electron chi connectivity index (χ3n) is 5.87. The number of fused-ring (bicyclic) bond motifs is 1. The lowest BCUT2D eigenvalue weighted by Gasteiger charge is -2.23. The molecule has 156 valence electrons. The van der Waals surface area contributed by atoms with E-state index in [1.54, 1.807) is 11.3 Å². The van der Waals surface area contributed by atoms with Crippen molar-refractivity contribution in [1.29, 1.82) is 0 Å². The molecule has 1 unspecified atom stereocenters. The first kappa shape index (κ1) is 19.7. The average Bonchev–Trinajstić information content (AvgIpc) is 3.14. The number of thiazole rings is 1. The Morgan fingerprint density at radius 3 is 2.73 bits per heavy atom. The molecule has 0 radical (unpaired) electrons. The molecule has 30 heavy (non-hydrogen) atoms. The first-order valence-corrected chi connectivity index (χ1v) is 11.3. The smallest absolute Gasteiger partial charge is 0.231 e. The molecule has 3 aromatic rings. The van der Waals surface area contributed by atoms with Gasteiger partial charge in [0.15, 0.2) is 16.6 Å². The van der Waals surface area contributed by atoms with Crippen molar-refractivity contribution in [2.75, 3.05) is 26.2 Å². The van der Waals surface area contributed by atoms with Crippen molar-refractivity contribution in [2.45, 2.75) is 30.8 Å². The van der Waals surface area contributed by atoms with Gasteiger partial charge in [-0.2, -0.15) is 0 Å². The van der Waals surface area contributed by atoms with Crippen molar-refractivity contribution < 1.29 is 9.47 Å².